The zero-order chi connectivity index (χ0) is 27.1. The van der Waals surface area contributed by atoms with Crippen molar-refractivity contribution in [2.75, 3.05) is 18.0 Å². The van der Waals surface area contributed by atoms with Crippen LogP contribution in [0.25, 0.3) is 11.3 Å². The first kappa shape index (κ1) is 26.7. The van der Waals surface area contributed by atoms with Gasteiger partial charge in [0, 0.05) is 18.7 Å². The van der Waals surface area contributed by atoms with E-state index in [2.05, 4.69) is 66.0 Å². The minimum atomic E-state index is 0.0362. The van der Waals surface area contributed by atoms with Gasteiger partial charge in [-0.05, 0) is 37.3 Å². The summed E-state index contributed by atoms with van der Waals surface area (Å²) < 4.78 is 1.65. The second-order valence-electron chi connectivity index (χ2n) is 8.86. The first-order chi connectivity index (χ1) is 18.5. The predicted octanol–water partition coefficient (Wildman–Crippen LogP) is 7.57. The highest BCUT2D eigenvalue weighted by Crippen LogP contribution is 2.40. The van der Waals surface area contributed by atoms with Crippen LogP contribution in [-0.4, -0.2) is 27.6 Å². The largest absolute Gasteiger partial charge is 0.349 e. The van der Waals surface area contributed by atoms with Crippen LogP contribution in [0.15, 0.2) is 64.8 Å². The van der Waals surface area contributed by atoms with Crippen molar-refractivity contribution in [3.05, 3.63) is 77.1 Å². The molecule has 0 bridgehead atoms. The number of hydrogen-bond acceptors (Lipinski definition) is 8. The Kier molecular flexibility index (Phi) is 8.62. The molecule has 0 aliphatic rings. The lowest BCUT2D eigenvalue weighted by molar-refractivity contribution is 0.730. The van der Waals surface area contributed by atoms with Crippen LogP contribution in [0.5, 0.6) is 0 Å². The highest BCUT2D eigenvalue weighted by molar-refractivity contribution is 7.19. The van der Waals surface area contributed by atoms with Gasteiger partial charge in [-0.3, -0.25) is 4.57 Å². The Morgan fingerprint density at radius 2 is 1.66 bits per heavy atom. The summed E-state index contributed by atoms with van der Waals surface area (Å²) in [5.74, 6) is 0.682. The third-order valence-electron chi connectivity index (χ3n) is 6.57. The van der Waals surface area contributed by atoms with Gasteiger partial charge < -0.3 is 4.90 Å². The molecular weight excluding hydrogens is 492 g/mol. The Morgan fingerprint density at radius 3 is 2.26 bits per heavy atom. The molecule has 0 amide bonds. The Labute approximate surface area is 227 Å². The van der Waals surface area contributed by atoms with Crippen molar-refractivity contribution in [1.82, 2.24) is 14.5 Å². The average molecular weight is 523 g/mol. The number of benzene rings is 2. The minimum Gasteiger partial charge on any atom is -0.349 e. The number of aromatic nitrogens is 3. The van der Waals surface area contributed by atoms with E-state index < -0.39 is 0 Å². The number of rotatable bonds is 10. The third-order valence-corrected chi connectivity index (χ3v) is 7.57. The number of nitriles is 2. The number of nitrogens with zero attached hydrogens (tertiary/aromatic N) is 8. The van der Waals surface area contributed by atoms with Crippen LogP contribution in [0.4, 0.5) is 16.1 Å². The molecule has 4 rings (SSSR count). The third kappa shape index (κ3) is 5.64. The Balaban J connectivity index is 1.74. The van der Waals surface area contributed by atoms with E-state index in [1.165, 1.54) is 16.9 Å². The minimum absolute atomic E-state index is 0.0362. The van der Waals surface area contributed by atoms with Crippen LogP contribution in [0, 0.1) is 22.7 Å². The van der Waals surface area contributed by atoms with E-state index in [1.54, 1.807) is 4.57 Å². The van der Waals surface area contributed by atoms with Gasteiger partial charge in [0.25, 0.3) is 5.95 Å². The van der Waals surface area contributed by atoms with Gasteiger partial charge >= 0.3 is 0 Å². The van der Waals surface area contributed by atoms with Gasteiger partial charge in [-0.2, -0.15) is 15.5 Å². The Bertz CT molecular complexity index is 1480. The molecule has 0 aliphatic carbocycles. The molecule has 8 nitrogen and oxygen atoms in total. The monoisotopic (exact) mass is 522 g/mol. The fourth-order valence-corrected chi connectivity index (χ4v) is 5.14. The molecule has 2 heterocycles. The van der Waals surface area contributed by atoms with Gasteiger partial charge in [-0.15, -0.1) is 10.2 Å². The summed E-state index contributed by atoms with van der Waals surface area (Å²) in [5.41, 5.74) is 4.14. The molecule has 0 fully saturated rings. The molecule has 4 aromatic rings. The summed E-state index contributed by atoms with van der Waals surface area (Å²) in [4.78, 5) is 11.4. The number of hydrogen-bond donors (Lipinski definition) is 0. The molecule has 0 saturated carbocycles. The van der Waals surface area contributed by atoms with E-state index >= 15 is 0 Å². The molecule has 1 unspecified atom stereocenters. The van der Waals surface area contributed by atoms with Crippen molar-refractivity contribution in [1.29, 1.82) is 10.5 Å². The summed E-state index contributed by atoms with van der Waals surface area (Å²) >= 11 is 1.46. The van der Waals surface area contributed by atoms with Crippen LogP contribution < -0.4 is 4.90 Å². The molecule has 192 valence electrons. The van der Waals surface area contributed by atoms with Crippen LogP contribution in [-0.2, 0) is 6.54 Å². The highest BCUT2D eigenvalue weighted by atomic mass is 32.1. The first-order valence-corrected chi connectivity index (χ1v) is 13.6. The quantitative estimate of drug-likeness (QED) is 0.200. The van der Waals surface area contributed by atoms with Crippen molar-refractivity contribution in [2.45, 2.75) is 46.6 Å². The maximum Gasteiger partial charge on any atom is 0.252 e. The lowest BCUT2D eigenvalue weighted by atomic mass is 9.98. The molecule has 2 aromatic carbocycles. The van der Waals surface area contributed by atoms with Gasteiger partial charge in [0.15, 0.2) is 21.5 Å². The first-order valence-electron chi connectivity index (χ1n) is 12.7. The second kappa shape index (κ2) is 12.3. The molecule has 0 aliphatic heterocycles. The van der Waals surface area contributed by atoms with E-state index in [0.717, 1.165) is 41.5 Å². The molecule has 9 heteroatoms. The van der Waals surface area contributed by atoms with Gasteiger partial charge in [-0.25, -0.2) is 4.98 Å². The van der Waals surface area contributed by atoms with Gasteiger partial charge in [0.2, 0.25) is 0 Å². The number of azo groups is 1. The van der Waals surface area contributed by atoms with E-state index in [0.29, 0.717) is 17.5 Å². The van der Waals surface area contributed by atoms with Crippen molar-refractivity contribution < 1.29 is 0 Å². The number of anilines is 1. The molecular formula is C29H30N8S. The smallest absolute Gasteiger partial charge is 0.252 e. The lowest BCUT2D eigenvalue weighted by Crippen LogP contribution is -2.21. The summed E-state index contributed by atoms with van der Waals surface area (Å²) in [6.07, 6.45) is 1.06. The highest BCUT2D eigenvalue weighted by Gasteiger charge is 2.20. The summed E-state index contributed by atoms with van der Waals surface area (Å²) in [7, 11) is 0. The number of thiazole rings is 1. The van der Waals surface area contributed by atoms with E-state index in [4.69, 9.17) is 4.98 Å². The predicted molar refractivity (Wildman–Crippen MR) is 151 cm³/mol. The van der Waals surface area contributed by atoms with E-state index in [1.807, 2.05) is 48.5 Å². The maximum atomic E-state index is 9.82. The lowest BCUT2D eigenvalue weighted by Gasteiger charge is -2.16. The topological polar surface area (TPSA) is 106 Å². The van der Waals surface area contributed by atoms with Crippen LogP contribution >= 0.6 is 11.3 Å². The van der Waals surface area contributed by atoms with Crippen LogP contribution in [0.2, 0.25) is 0 Å². The van der Waals surface area contributed by atoms with Gasteiger partial charge in [0.1, 0.15) is 17.8 Å². The van der Waals surface area contributed by atoms with Crippen molar-refractivity contribution in [3.8, 4) is 23.4 Å². The summed E-state index contributed by atoms with van der Waals surface area (Å²) in [6.45, 7) is 10.6. The van der Waals surface area contributed by atoms with Gasteiger partial charge in [-0.1, -0.05) is 79.8 Å². The Hall–Kier alpha value is -4.34. The van der Waals surface area contributed by atoms with Crippen LogP contribution in [0.3, 0.4) is 0 Å². The van der Waals surface area contributed by atoms with Crippen LogP contribution in [0.1, 0.15) is 62.5 Å². The zero-order valence-electron chi connectivity index (χ0n) is 22.1. The molecule has 2 aromatic heterocycles. The zero-order valence-corrected chi connectivity index (χ0v) is 22.9. The average Bonchev–Trinajstić information content (AvgIpc) is 3.53. The molecule has 0 N–H and O–H groups in total. The van der Waals surface area contributed by atoms with E-state index in [9.17, 15) is 10.5 Å². The fourth-order valence-electron chi connectivity index (χ4n) is 4.10. The normalized spacial score (nSPS) is 11.8. The van der Waals surface area contributed by atoms with Gasteiger partial charge in [0.05, 0.1) is 6.54 Å². The maximum absolute atomic E-state index is 9.82. The number of imidazole rings is 1. The standard InChI is InChI=1S/C29H30N8S/c1-5-20(4)22-15-13-21(14-16-22)19-37-25(18-31)24(17-30)32-28(37)35-34-27-26(23-11-9-8-10-12-23)33-29(38-27)36(6-2)7-3/h8-16,20H,5-7,19H2,1-4H3/b35-34+. The Morgan fingerprint density at radius 1 is 0.947 bits per heavy atom. The SMILES string of the molecule is CCC(C)c1ccc(Cn2c(/N=N/c3sc(N(CC)CC)nc3-c3ccccc3)nc(C#N)c2C#N)cc1. The molecule has 38 heavy (non-hydrogen) atoms. The fraction of sp³-hybridized carbons (Fsp3) is 0.310. The molecule has 0 saturated heterocycles. The summed E-state index contributed by atoms with van der Waals surface area (Å²) in [5, 5.41) is 29.9. The van der Waals surface area contributed by atoms with E-state index in [-0.39, 0.29) is 17.3 Å². The van der Waals surface area contributed by atoms with Crippen molar-refractivity contribution in [2.24, 2.45) is 10.2 Å². The molecule has 1 atom stereocenters. The second-order valence-corrected chi connectivity index (χ2v) is 9.81. The summed E-state index contributed by atoms with van der Waals surface area (Å²) in [6, 6.07) is 22.3. The molecule has 0 spiro atoms. The van der Waals surface area contributed by atoms with Crippen molar-refractivity contribution >= 4 is 27.4 Å². The molecule has 0 radical (unpaired) electrons. The van der Waals surface area contributed by atoms with Crippen molar-refractivity contribution in [3.63, 3.8) is 0 Å².